The van der Waals surface area contributed by atoms with Crippen LogP contribution in [0.1, 0.15) is 77.6 Å². The number of rotatable bonds is 9. The van der Waals surface area contributed by atoms with E-state index in [2.05, 4.69) is 5.32 Å². The SMILES string of the molecule is CCOc1cc(C(=O)Nc2sc3c(c2C(N)=O)CCCCCC3)cc(OCC)c1OCC. The maximum atomic E-state index is 13.2. The van der Waals surface area contributed by atoms with E-state index in [-0.39, 0.29) is 5.91 Å². The van der Waals surface area contributed by atoms with E-state index in [1.54, 1.807) is 12.1 Å². The molecule has 1 aliphatic rings. The minimum atomic E-state index is -0.505. The lowest BCUT2D eigenvalue weighted by molar-refractivity contribution is 0.100. The Kier molecular flexibility index (Phi) is 8.39. The minimum absolute atomic E-state index is 0.355. The molecule has 0 aliphatic heterocycles. The van der Waals surface area contributed by atoms with Crippen LogP contribution in [0.5, 0.6) is 17.2 Å². The Balaban J connectivity index is 1.97. The number of anilines is 1. The first-order chi connectivity index (χ1) is 15.5. The van der Waals surface area contributed by atoms with Gasteiger partial charge in [-0.05, 0) is 64.2 Å². The van der Waals surface area contributed by atoms with E-state index < -0.39 is 5.91 Å². The zero-order chi connectivity index (χ0) is 23.1. The van der Waals surface area contributed by atoms with Gasteiger partial charge in [0.2, 0.25) is 5.75 Å². The second kappa shape index (κ2) is 11.2. The number of primary amides is 1. The molecule has 0 spiro atoms. The van der Waals surface area contributed by atoms with E-state index in [0.29, 0.717) is 53.2 Å². The monoisotopic (exact) mass is 460 g/mol. The summed E-state index contributed by atoms with van der Waals surface area (Å²) in [5.41, 5.74) is 7.53. The number of thiophene rings is 1. The van der Waals surface area contributed by atoms with E-state index in [4.69, 9.17) is 19.9 Å². The molecule has 3 N–H and O–H groups in total. The van der Waals surface area contributed by atoms with Crippen molar-refractivity contribution in [1.29, 1.82) is 0 Å². The third-order valence-corrected chi connectivity index (χ3v) is 6.52. The maximum Gasteiger partial charge on any atom is 0.256 e. The fourth-order valence-corrected chi connectivity index (χ4v) is 5.25. The smallest absolute Gasteiger partial charge is 0.256 e. The van der Waals surface area contributed by atoms with E-state index >= 15 is 0 Å². The first kappa shape index (κ1) is 23.9. The van der Waals surface area contributed by atoms with Gasteiger partial charge in [0, 0.05) is 10.4 Å². The number of nitrogens with one attached hydrogen (secondary N) is 1. The molecule has 0 fully saturated rings. The predicted octanol–water partition coefficient (Wildman–Crippen LogP) is 4.95. The third-order valence-electron chi connectivity index (χ3n) is 5.32. The molecule has 3 rings (SSSR count). The molecule has 0 unspecified atom stereocenters. The Morgan fingerprint density at radius 1 is 0.938 bits per heavy atom. The van der Waals surface area contributed by atoms with Gasteiger partial charge in [-0.15, -0.1) is 11.3 Å². The molecule has 1 heterocycles. The quantitative estimate of drug-likeness (QED) is 0.551. The van der Waals surface area contributed by atoms with Crippen LogP contribution in [0.25, 0.3) is 0 Å². The van der Waals surface area contributed by atoms with Crippen molar-refractivity contribution in [3.05, 3.63) is 33.7 Å². The number of carbonyl (C=O) groups is 2. The van der Waals surface area contributed by atoms with E-state index in [0.717, 1.165) is 42.5 Å². The zero-order valence-electron chi connectivity index (χ0n) is 19.0. The summed E-state index contributed by atoms with van der Waals surface area (Å²) < 4.78 is 17.1. The van der Waals surface area contributed by atoms with Gasteiger partial charge in [0.25, 0.3) is 11.8 Å². The standard InChI is InChI=1S/C24H32N2O5S/c1-4-29-17-13-15(14-18(30-5-2)21(17)31-6-3)23(28)26-24-20(22(25)27)16-11-9-7-8-10-12-19(16)32-24/h13-14H,4-12H2,1-3H3,(H2,25,27)(H,26,28). The number of benzene rings is 1. The van der Waals surface area contributed by atoms with Gasteiger partial charge in [-0.2, -0.15) is 0 Å². The average molecular weight is 461 g/mol. The summed E-state index contributed by atoms with van der Waals surface area (Å²) in [6, 6.07) is 3.28. The lowest BCUT2D eigenvalue weighted by Crippen LogP contribution is -2.18. The number of aryl methyl sites for hydroxylation is 1. The first-order valence-corrected chi connectivity index (χ1v) is 12.1. The van der Waals surface area contributed by atoms with Crippen LogP contribution < -0.4 is 25.3 Å². The fourth-order valence-electron chi connectivity index (χ4n) is 3.96. The number of hydrogen-bond acceptors (Lipinski definition) is 6. The summed E-state index contributed by atoms with van der Waals surface area (Å²) in [4.78, 5) is 26.6. The van der Waals surface area contributed by atoms with Gasteiger partial charge in [-0.25, -0.2) is 0 Å². The normalized spacial score (nSPS) is 13.5. The minimum Gasteiger partial charge on any atom is -0.490 e. The van der Waals surface area contributed by atoms with Crippen molar-refractivity contribution in [3.63, 3.8) is 0 Å². The predicted molar refractivity (Wildman–Crippen MR) is 127 cm³/mol. The number of amides is 2. The topological polar surface area (TPSA) is 99.9 Å². The maximum absolute atomic E-state index is 13.2. The van der Waals surface area contributed by atoms with Crippen LogP contribution in [0, 0.1) is 0 Å². The highest BCUT2D eigenvalue weighted by molar-refractivity contribution is 7.17. The van der Waals surface area contributed by atoms with Crippen molar-refractivity contribution in [1.82, 2.24) is 0 Å². The molecule has 174 valence electrons. The Morgan fingerprint density at radius 2 is 1.53 bits per heavy atom. The number of nitrogens with two attached hydrogens (primary N) is 1. The lowest BCUT2D eigenvalue weighted by atomic mass is 9.96. The van der Waals surface area contributed by atoms with Crippen molar-refractivity contribution >= 4 is 28.2 Å². The second-order valence-electron chi connectivity index (χ2n) is 7.54. The van der Waals surface area contributed by atoms with Crippen molar-refractivity contribution in [2.45, 2.75) is 59.3 Å². The first-order valence-electron chi connectivity index (χ1n) is 11.3. The summed E-state index contributed by atoms with van der Waals surface area (Å²) in [6.07, 6.45) is 6.13. The summed E-state index contributed by atoms with van der Waals surface area (Å²) in [5.74, 6) is 0.504. The highest BCUT2D eigenvalue weighted by atomic mass is 32.1. The summed E-state index contributed by atoms with van der Waals surface area (Å²) in [6.45, 7) is 6.88. The van der Waals surface area contributed by atoms with Gasteiger partial charge in [-0.1, -0.05) is 12.8 Å². The number of carbonyl (C=O) groups excluding carboxylic acids is 2. The van der Waals surface area contributed by atoms with Crippen LogP contribution in [-0.4, -0.2) is 31.6 Å². The van der Waals surface area contributed by atoms with Crippen LogP contribution in [0.4, 0.5) is 5.00 Å². The molecule has 1 aromatic carbocycles. The van der Waals surface area contributed by atoms with Crippen molar-refractivity contribution in [2.24, 2.45) is 5.73 Å². The number of fused-ring (bicyclic) bond motifs is 1. The van der Waals surface area contributed by atoms with Crippen LogP contribution in [-0.2, 0) is 12.8 Å². The lowest BCUT2D eigenvalue weighted by Gasteiger charge is -2.17. The molecule has 1 aliphatic carbocycles. The zero-order valence-corrected chi connectivity index (χ0v) is 19.9. The summed E-state index contributed by atoms with van der Waals surface area (Å²) in [7, 11) is 0. The van der Waals surface area contributed by atoms with Crippen molar-refractivity contribution in [2.75, 3.05) is 25.1 Å². The second-order valence-corrected chi connectivity index (χ2v) is 8.65. The molecule has 1 aromatic heterocycles. The van der Waals surface area contributed by atoms with Gasteiger partial charge < -0.3 is 25.3 Å². The molecule has 8 heteroatoms. The van der Waals surface area contributed by atoms with Crippen molar-refractivity contribution < 1.29 is 23.8 Å². The van der Waals surface area contributed by atoms with E-state index in [1.165, 1.54) is 17.8 Å². The van der Waals surface area contributed by atoms with Gasteiger partial charge in [-0.3, -0.25) is 9.59 Å². The largest absolute Gasteiger partial charge is 0.490 e. The molecule has 7 nitrogen and oxygen atoms in total. The number of ether oxygens (including phenoxy) is 3. The van der Waals surface area contributed by atoms with Crippen LogP contribution in [0.2, 0.25) is 0 Å². The van der Waals surface area contributed by atoms with Gasteiger partial charge in [0.15, 0.2) is 11.5 Å². The Bertz CT molecular complexity index is 943. The van der Waals surface area contributed by atoms with Crippen LogP contribution in [0.3, 0.4) is 0 Å². The molecular formula is C24H32N2O5S. The van der Waals surface area contributed by atoms with Gasteiger partial charge in [0.05, 0.1) is 25.4 Å². The summed E-state index contributed by atoms with van der Waals surface area (Å²) in [5, 5.41) is 3.44. The molecule has 2 amide bonds. The highest BCUT2D eigenvalue weighted by Crippen LogP contribution is 2.40. The third kappa shape index (κ3) is 5.35. The molecule has 0 saturated carbocycles. The molecular weight excluding hydrogens is 428 g/mol. The molecule has 0 bridgehead atoms. The fraction of sp³-hybridized carbons (Fsp3) is 0.500. The van der Waals surface area contributed by atoms with E-state index in [9.17, 15) is 9.59 Å². The summed E-state index contributed by atoms with van der Waals surface area (Å²) >= 11 is 1.46. The van der Waals surface area contributed by atoms with Gasteiger partial charge >= 0.3 is 0 Å². The Labute approximate surface area is 193 Å². The molecule has 0 radical (unpaired) electrons. The van der Waals surface area contributed by atoms with E-state index in [1.807, 2.05) is 20.8 Å². The Hall–Kier alpha value is -2.74. The van der Waals surface area contributed by atoms with Crippen molar-refractivity contribution in [3.8, 4) is 17.2 Å². The highest BCUT2D eigenvalue weighted by Gasteiger charge is 2.25. The number of hydrogen-bond donors (Lipinski definition) is 2. The molecule has 2 aromatic rings. The average Bonchev–Trinajstić information content (AvgIpc) is 3.06. The molecule has 0 saturated heterocycles. The van der Waals surface area contributed by atoms with Crippen LogP contribution in [0.15, 0.2) is 12.1 Å². The van der Waals surface area contributed by atoms with Gasteiger partial charge in [0.1, 0.15) is 5.00 Å². The molecule has 32 heavy (non-hydrogen) atoms. The Morgan fingerprint density at radius 3 is 2.09 bits per heavy atom. The molecule has 0 atom stereocenters. The van der Waals surface area contributed by atoms with Crippen LogP contribution >= 0.6 is 11.3 Å².